The first-order chi connectivity index (χ1) is 34.3. The Morgan fingerprint density at radius 1 is 0.188 bits per heavy atom. The van der Waals surface area contributed by atoms with Crippen molar-refractivity contribution in [3.05, 3.63) is 24.3 Å². The van der Waals surface area contributed by atoms with Gasteiger partial charge in [-0.2, -0.15) is 0 Å². The van der Waals surface area contributed by atoms with Crippen molar-refractivity contribution < 1.29 is 4.74 Å². The van der Waals surface area contributed by atoms with Crippen LogP contribution in [0.1, 0.15) is 400 Å². The SMILES string of the molecule is CCCCCCCCC=CCCCCCCCCC(CCCCCCCCCCCCCCC)OC(CCCCCCCCC=CCCCCCCCC)CCCCCCCCCCCCCCC. The van der Waals surface area contributed by atoms with Crippen LogP contribution in [0, 0.1) is 0 Å². The molecule has 2 atom stereocenters. The first-order valence-electron chi connectivity index (χ1n) is 33.2. The Hall–Kier alpha value is -0.560. The second-order valence-corrected chi connectivity index (χ2v) is 22.9. The van der Waals surface area contributed by atoms with E-state index in [1.807, 2.05) is 0 Å². The number of allylic oxidation sites excluding steroid dienone is 4. The quantitative estimate of drug-likeness (QED) is 0.0436. The third-order valence-electron chi connectivity index (χ3n) is 15.7. The molecule has 0 bridgehead atoms. The molecule has 0 aromatic heterocycles. The third kappa shape index (κ3) is 59.9. The summed E-state index contributed by atoms with van der Waals surface area (Å²) in [6, 6.07) is 0. The molecule has 0 aliphatic heterocycles. The van der Waals surface area contributed by atoms with E-state index in [-0.39, 0.29) is 0 Å². The Morgan fingerprint density at radius 3 is 0.507 bits per heavy atom. The fraction of sp³-hybridized carbons (Fsp3) is 0.941. The van der Waals surface area contributed by atoms with E-state index in [2.05, 4.69) is 52.0 Å². The number of hydrogen-bond acceptors (Lipinski definition) is 1. The van der Waals surface area contributed by atoms with Gasteiger partial charge in [-0.15, -0.1) is 0 Å². The van der Waals surface area contributed by atoms with Crippen molar-refractivity contribution in [1.82, 2.24) is 0 Å². The minimum absolute atomic E-state index is 0.496. The third-order valence-corrected chi connectivity index (χ3v) is 15.7. The Kier molecular flexibility index (Phi) is 63.0. The molecule has 0 N–H and O–H groups in total. The summed E-state index contributed by atoms with van der Waals surface area (Å²) in [6.45, 7) is 9.28. The maximum atomic E-state index is 7.30. The lowest BCUT2D eigenvalue weighted by Crippen LogP contribution is -2.23. The molecule has 2 unspecified atom stereocenters. The zero-order valence-electron chi connectivity index (χ0n) is 48.9. The first kappa shape index (κ1) is 68.4. The molecule has 412 valence electrons. The molecule has 1 heteroatoms. The molecule has 0 aromatic rings. The maximum Gasteiger partial charge on any atom is 0.0578 e. The number of ether oxygens (including phenoxy) is 1. The fourth-order valence-corrected chi connectivity index (χ4v) is 10.9. The van der Waals surface area contributed by atoms with Gasteiger partial charge < -0.3 is 4.74 Å². The second kappa shape index (κ2) is 63.6. The average molecular weight is 968 g/mol. The minimum atomic E-state index is 0.496. The van der Waals surface area contributed by atoms with E-state index >= 15 is 0 Å². The molecular weight excluding hydrogens is 833 g/mol. The standard InChI is InChI=1S/C68H134O/c1-5-9-13-17-21-25-29-33-35-37-41-45-49-53-57-61-65-67(63-59-55-51-47-43-39-31-27-23-19-15-11-7-3)69-68(64-60-56-52-48-44-40-32-28-24-20-16-12-8-4)66-62-58-54-50-46-42-38-36-34-30-26-22-18-14-10-6-2/h33-36,67-68H,5-32,37-66H2,1-4H3. The molecule has 0 fully saturated rings. The monoisotopic (exact) mass is 967 g/mol. The highest BCUT2D eigenvalue weighted by molar-refractivity contribution is 4.82. The van der Waals surface area contributed by atoms with E-state index < -0.39 is 0 Å². The van der Waals surface area contributed by atoms with Gasteiger partial charge in [-0.1, -0.05) is 347 Å². The largest absolute Gasteiger partial charge is 0.375 e. The van der Waals surface area contributed by atoms with Gasteiger partial charge in [0, 0.05) is 0 Å². The summed E-state index contributed by atoms with van der Waals surface area (Å²) >= 11 is 0. The predicted molar refractivity (Wildman–Crippen MR) is 317 cm³/mol. The topological polar surface area (TPSA) is 9.23 Å². The van der Waals surface area contributed by atoms with Crippen LogP contribution in [0.25, 0.3) is 0 Å². The Balaban J connectivity index is 4.90. The van der Waals surface area contributed by atoms with Gasteiger partial charge in [0.15, 0.2) is 0 Å². The van der Waals surface area contributed by atoms with Crippen molar-refractivity contribution in [2.24, 2.45) is 0 Å². The van der Waals surface area contributed by atoms with Crippen LogP contribution in [-0.4, -0.2) is 12.2 Å². The Morgan fingerprint density at radius 2 is 0.333 bits per heavy atom. The van der Waals surface area contributed by atoms with Crippen LogP contribution in [0.4, 0.5) is 0 Å². The summed E-state index contributed by atoms with van der Waals surface area (Å²) in [4.78, 5) is 0. The second-order valence-electron chi connectivity index (χ2n) is 22.9. The molecule has 0 saturated carbocycles. The normalized spacial score (nSPS) is 12.9. The molecular formula is C68H134O. The van der Waals surface area contributed by atoms with Crippen LogP contribution < -0.4 is 0 Å². The fourth-order valence-electron chi connectivity index (χ4n) is 10.9. The van der Waals surface area contributed by atoms with Crippen LogP contribution in [-0.2, 0) is 4.74 Å². The molecule has 0 aliphatic carbocycles. The van der Waals surface area contributed by atoms with Crippen molar-refractivity contribution in [1.29, 1.82) is 0 Å². The molecule has 0 amide bonds. The summed E-state index contributed by atoms with van der Waals surface area (Å²) in [5.41, 5.74) is 0. The van der Waals surface area contributed by atoms with E-state index in [4.69, 9.17) is 4.74 Å². The van der Waals surface area contributed by atoms with E-state index in [1.54, 1.807) is 0 Å². The van der Waals surface area contributed by atoms with Gasteiger partial charge in [0.2, 0.25) is 0 Å². The van der Waals surface area contributed by atoms with Gasteiger partial charge in [0.25, 0.3) is 0 Å². The van der Waals surface area contributed by atoms with E-state index in [1.165, 1.54) is 372 Å². The van der Waals surface area contributed by atoms with Crippen LogP contribution in [0.2, 0.25) is 0 Å². The zero-order valence-corrected chi connectivity index (χ0v) is 48.9. The summed E-state index contributed by atoms with van der Waals surface area (Å²) in [5, 5.41) is 0. The molecule has 0 aliphatic rings. The van der Waals surface area contributed by atoms with Gasteiger partial charge >= 0.3 is 0 Å². The van der Waals surface area contributed by atoms with Gasteiger partial charge in [-0.05, 0) is 77.0 Å². The lowest BCUT2D eigenvalue weighted by Gasteiger charge is -2.26. The summed E-state index contributed by atoms with van der Waals surface area (Å²) in [6.07, 6.45) is 92.6. The van der Waals surface area contributed by atoms with Gasteiger partial charge in [-0.25, -0.2) is 0 Å². The van der Waals surface area contributed by atoms with Gasteiger partial charge in [0.1, 0.15) is 0 Å². The highest BCUT2D eigenvalue weighted by Gasteiger charge is 2.17. The molecule has 0 spiro atoms. The van der Waals surface area contributed by atoms with Crippen LogP contribution in [0.3, 0.4) is 0 Å². The highest BCUT2D eigenvalue weighted by Crippen LogP contribution is 2.24. The van der Waals surface area contributed by atoms with Crippen LogP contribution in [0.15, 0.2) is 24.3 Å². The van der Waals surface area contributed by atoms with Crippen molar-refractivity contribution in [3.8, 4) is 0 Å². The molecule has 69 heavy (non-hydrogen) atoms. The van der Waals surface area contributed by atoms with Crippen LogP contribution in [0.5, 0.6) is 0 Å². The Labute approximate surface area is 439 Å². The highest BCUT2D eigenvalue weighted by atomic mass is 16.5. The number of unbranched alkanes of at least 4 members (excludes halogenated alkanes) is 48. The Bertz CT molecular complexity index is 860. The van der Waals surface area contributed by atoms with E-state index in [9.17, 15) is 0 Å². The minimum Gasteiger partial charge on any atom is -0.375 e. The molecule has 1 nitrogen and oxygen atoms in total. The molecule has 0 heterocycles. The molecule has 0 saturated heterocycles. The lowest BCUT2D eigenvalue weighted by atomic mass is 9.99. The molecule has 0 aromatic carbocycles. The molecule has 0 radical (unpaired) electrons. The first-order valence-corrected chi connectivity index (χ1v) is 33.2. The van der Waals surface area contributed by atoms with E-state index in [0.717, 1.165) is 0 Å². The smallest absolute Gasteiger partial charge is 0.0578 e. The van der Waals surface area contributed by atoms with Gasteiger partial charge in [0.05, 0.1) is 12.2 Å². The van der Waals surface area contributed by atoms with Crippen molar-refractivity contribution in [2.75, 3.05) is 0 Å². The summed E-state index contributed by atoms with van der Waals surface area (Å²) in [7, 11) is 0. The lowest BCUT2D eigenvalue weighted by molar-refractivity contribution is -0.0324. The van der Waals surface area contributed by atoms with E-state index in [0.29, 0.717) is 12.2 Å². The van der Waals surface area contributed by atoms with Crippen molar-refractivity contribution >= 4 is 0 Å². The van der Waals surface area contributed by atoms with Crippen molar-refractivity contribution in [2.45, 2.75) is 412 Å². The molecule has 0 rings (SSSR count). The maximum absolute atomic E-state index is 7.30. The zero-order chi connectivity index (χ0) is 49.7. The average Bonchev–Trinajstić information content (AvgIpc) is 3.36. The number of rotatable bonds is 62. The van der Waals surface area contributed by atoms with Crippen LogP contribution >= 0.6 is 0 Å². The summed E-state index contributed by atoms with van der Waals surface area (Å²) in [5.74, 6) is 0. The summed E-state index contributed by atoms with van der Waals surface area (Å²) < 4.78 is 7.30. The van der Waals surface area contributed by atoms with Crippen molar-refractivity contribution in [3.63, 3.8) is 0 Å². The number of hydrogen-bond donors (Lipinski definition) is 0. The van der Waals surface area contributed by atoms with Gasteiger partial charge in [-0.3, -0.25) is 0 Å². The predicted octanol–water partition coefficient (Wildman–Crippen LogP) is 25.6.